The van der Waals surface area contributed by atoms with E-state index < -0.39 is 0 Å². The third-order valence-corrected chi connectivity index (χ3v) is 6.26. The number of ether oxygens (including phenoxy) is 2. The summed E-state index contributed by atoms with van der Waals surface area (Å²) in [5.74, 6) is 2.21. The molecule has 30 heavy (non-hydrogen) atoms. The van der Waals surface area contributed by atoms with E-state index in [4.69, 9.17) is 9.47 Å². The van der Waals surface area contributed by atoms with Crippen LogP contribution in [0.1, 0.15) is 59.1 Å². The van der Waals surface area contributed by atoms with Crippen LogP contribution in [0.4, 0.5) is 0 Å². The van der Waals surface area contributed by atoms with Gasteiger partial charge in [-0.2, -0.15) is 0 Å². The molecule has 0 spiro atoms. The molecule has 2 aliphatic rings. The Bertz CT molecular complexity index is 820. The van der Waals surface area contributed by atoms with E-state index in [2.05, 4.69) is 61.8 Å². The molecule has 0 radical (unpaired) electrons. The van der Waals surface area contributed by atoms with Gasteiger partial charge in [-0.3, -0.25) is 9.80 Å². The Morgan fingerprint density at radius 1 is 0.633 bits per heavy atom. The second kappa shape index (κ2) is 9.40. The zero-order valence-corrected chi connectivity index (χ0v) is 19.1. The van der Waals surface area contributed by atoms with Gasteiger partial charge < -0.3 is 9.47 Å². The number of hydrogen-bond donors (Lipinski definition) is 0. The zero-order valence-electron chi connectivity index (χ0n) is 19.1. The molecule has 0 aliphatic carbocycles. The fourth-order valence-electron chi connectivity index (χ4n) is 4.93. The number of rotatable bonds is 7. The van der Waals surface area contributed by atoms with Crippen molar-refractivity contribution in [2.75, 3.05) is 26.6 Å². The number of nitrogens with zero attached hydrogens (tertiary/aromatic N) is 2. The molecule has 0 N–H and O–H groups in total. The summed E-state index contributed by atoms with van der Waals surface area (Å²) in [4.78, 5) is 4.86. The molecule has 2 aromatic carbocycles. The van der Waals surface area contributed by atoms with Gasteiger partial charge in [-0.15, -0.1) is 0 Å². The normalized spacial score (nSPS) is 16.5. The lowest BCUT2D eigenvalue weighted by atomic mass is 10.0. The van der Waals surface area contributed by atoms with Gasteiger partial charge in [0.05, 0.1) is 0 Å². The summed E-state index contributed by atoms with van der Waals surface area (Å²) in [7, 11) is 0. The number of fused-ring (bicyclic) bond motifs is 2. The van der Waals surface area contributed by atoms with Crippen molar-refractivity contribution < 1.29 is 9.47 Å². The van der Waals surface area contributed by atoms with Gasteiger partial charge >= 0.3 is 0 Å². The van der Waals surface area contributed by atoms with Gasteiger partial charge in [-0.25, -0.2) is 0 Å². The highest BCUT2D eigenvalue weighted by atomic mass is 16.5. The maximum Gasteiger partial charge on any atom is 0.142 e. The molecule has 2 aromatic rings. The van der Waals surface area contributed by atoms with E-state index in [1.807, 2.05) is 0 Å². The summed E-state index contributed by atoms with van der Waals surface area (Å²) in [5, 5.41) is 0. The smallest absolute Gasteiger partial charge is 0.142 e. The Kier molecular flexibility index (Phi) is 6.64. The van der Waals surface area contributed by atoms with Crippen LogP contribution in [-0.4, -0.2) is 36.4 Å². The van der Waals surface area contributed by atoms with Crippen LogP contribution in [-0.2, 0) is 13.1 Å². The van der Waals surface area contributed by atoms with Crippen LogP contribution in [0.25, 0.3) is 0 Å². The van der Waals surface area contributed by atoms with Crippen LogP contribution in [0.3, 0.4) is 0 Å². The fraction of sp³-hybridized carbons (Fsp3) is 0.538. The van der Waals surface area contributed by atoms with E-state index in [0.717, 1.165) is 51.1 Å². The minimum atomic E-state index is 0.722. The second-order valence-corrected chi connectivity index (χ2v) is 9.21. The maximum absolute atomic E-state index is 6.03. The maximum atomic E-state index is 6.03. The lowest BCUT2D eigenvalue weighted by molar-refractivity contribution is 0.0890. The van der Waals surface area contributed by atoms with Crippen molar-refractivity contribution in [2.24, 2.45) is 0 Å². The highest BCUT2D eigenvalue weighted by molar-refractivity contribution is 5.45. The molecule has 0 unspecified atom stereocenters. The Morgan fingerprint density at radius 2 is 1.07 bits per heavy atom. The van der Waals surface area contributed by atoms with Gasteiger partial charge in [0, 0.05) is 37.3 Å². The van der Waals surface area contributed by atoms with E-state index in [0.29, 0.717) is 0 Å². The van der Waals surface area contributed by atoms with Gasteiger partial charge in [-0.1, -0.05) is 48.2 Å². The van der Waals surface area contributed by atoms with Crippen molar-refractivity contribution in [1.82, 2.24) is 9.80 Å². The molecule has 0 atom stereocenters. The monoisotopic (exact) mass is 408 g/mol. The first-order valence-corrected chi connectivity index (χ1v) is 11.4. The van der Waals surface area contributed by atoms with Crippen LogP contribution in [0.5, 0.6) is 11.5 Å². The summed E-state index contributed by atoms with van der Waals surface area (Å²) >= 11 is 0. The third-order valence-electron chi connectivity index (χ3n) is 6.26. The second-order valence-electron chi connectivity index (χ2n) is 9.21. The fourth-order valence-corrected chi connectivity index (χ4v) is 4.93. The molecule has 162 valence electrons. The van der Waals surface area contributed by atoms with Crippen molar-refractivity contribution in [1.29, 1.82) is 0 Å². The summed E-state index contributed by atoms with van der Waals surface area (Å²) in [5.41, 5.74) is 7.86. The van der Waals surface area contributed by atoms with E-state index >= 15 is 0 Å². The van der Waals surface area contributed by atoms with Gasteiger partial charge in [0.2, 0.25) is 0 Å². The summed E-state index contributed by atoms with van der Waals surface area (Å²) in [6.45, 7) is 14.3. The van der Waals surface area contributed by atoms with Crippen molar-refractivity contribution in [3.05, 3.63) is 57.6 Å². The molecule has 0 saturated heterocycles. The molecule has 0 saturated carbocycles. The van der Waals surface area contributed by atoms with E-state index in [-0.39, 0.29) is 0 Å². The summed E-state index contributed by atoms with van der Waals surface area (Å²) in [6, 6.07) is 8.97. The highest BCUT2D eigenvalue weighted by Crippen LogP contribution is 2.31. The molecule has 4 heteroatoms. The zero-order chi connectivity index (χ0) is 21.1. The Hall–Kier alpha value is -2.04. The summed E-state index contributed by atoms with van der Waals surface area (Å²) in [6.07, 6.45) is 5.03. The summed E-state index contributed by atoms with van der Waals surface area (Å²) < 4.78 is 12.1. The SMILES string of the molecule is Cc1cc(C)c2c(c1)CN(CCCCCCN1COc3c(C)cc(C)cc3C1)CO2. The van der Waals surface area contributed by atoms with Crippen molar-refractivity contribution >= 4 is 0 Å². The molecule has 0 aromatic heterocycles. The first-order valence-electron chi connectivity index (χ1n) is 11.4. The molecular formula is C26H36N2O2. The van der Waals surface area contributed by atoms with Crippen LogP contribution < -0.4 is 9.47 Å². The number of hydrogen-bond acceptors (Lipinski definition) is 4. The molecule has 0 amide bonds. The molecular weight excluding hydrogens is 372 g/mol. The van der Waals surface area contributed by atoms with Crippen molar-refractivity contribution in [3.8, 4) is 11.5 Å². The van der Waals surface area contributed by atoms with Gasteiger partial charge in [0.15, 0.2) is 0 Å². The number of benzene rings is 2. The largest absolute Gasteiger partial charge is 0.478 e. The Labute approximate surface area is 181 Å². The van der Waals surface area contributed by atoms with Crippen molar-refractivity contribution in [2.45, 2.75) is 66.5 Å². The Balaban J connectivity index is 1.15. The molecule has 4 nitrogen and oxygen atoms in total. The third kappa shape index (κ3) is 4.98. The van der Waals surface area contributed by atoms with Crippen LogP contribution in [0, 0.1) is 27.7 Å². The van der Waals surface area contributed by atoms with Crippen LogP contribution in [0.2, 0.25) is 0 Å². The predicted octanol–water partition coefficient (Wildman–Crippen LogP) is 5.48. The first-order chi connectivity index (χ1) is 14.5. The molecule has 0 fully saturated rings. The molecule has 4 rings (SSSR count). The van der Waals surface area contributed by atoms with Crippen molar-refractivity contribution in [3.63, 3.8) is 0 Å². The Morgan fingerprint density at radius 3 is 1.50 bits per heavy atom. The first kappa shape index (κ1) is 21.2. The topological polar surface area (TPSA) is 24.9 Å². The standard InChI is InChI=1S/C26H36N2O2/c1-19-11-21(3)25-23(13-19)15-27(17-29-25)9-7-5-6-8-10-28-16-24-14-20(2)12-22(4)26(24)30-18-28/h11-14H,5-10,15-18H2,1-4H3. The minimum absolute atomic E-state index is 0.722. The molecule has 0 bridgehead atoms. The average Bonchev–Trinajstić information content (AvgIpc) is 2.69. The highest BCUT2D eigenvalue weighted by Gasteiger charge is 2.20. The van der Waals surface area contributed by atoms with E-state index in [1.54, 1.807) is 0 Å². The number of unbranched alkanes of at least 4 members (excludes halogenated alkanes) is 3. The van der Waals surface area contributed by atoms with Gasteiger partial charge in [0.1, 0.15) is 25.0 Å². The molecule has 2 aliphatic heterocycles. The van der Waals surface area contributed by atoms with Crippen LogP contribution in [0.15, 0.2) is 24.3 Å². The van der Waals surface area contributed by atoms with Gasteiger partial charge in [0.25, 0.3) is 0 Å². The van der Waals surface area contributed by atoms with Gasteiger partial charge in [-0.05, 0) is 51.7 Å². The quantitative estimate of drug-likeness (QED) is 0.566. The minimum Gasteiger partial charge on any atom is -0.478 e. The lowest BCUT2D eigenvalue weighted by Gasteiger charge is -2.30. The van der Waals surface area contributed by atoms with Crippen LogP contribution >= 0.6 is 0 Å². The predicted molar refractivity (Wildman–Crippen MR) is 122 cm³/mol. The van der Waals surface area contributed by atoms with E-state index in [9.17, 15) is 0 Å². The average molecular weight is 409 g/mol. The lowest BCUT2D eigenvalue weighted by Crippen LogP contribution is -2.33. The molecule has 2 heterocycles. The van der Waals surface area contributed by atoms with E-state index in [1.165, 1.54) is 59.1 Å². The number of aryl methyl sites for hydroxylation is 4.